The van der Waals surface area contributed by atoms with Crippen LogP contribution in [-0.4, -0.2) is 11.5 Å². The summed E-state index contributed by atoms with van der Waals surface area (Å²) in [5.74, 6) is 1.27. The van der Waals surface area contributed by atoms with Gasteiger partial charge in [0.25, 0.3) is 0 Å². The summed E-state index contributed by atoms with van der Waals surface area (Å²) in [4.78, 5) is 0.108. The molecular formula is C16H23FN2S. The van der Waals surface area contributed by atoms with Gasteiger partial charge in [0.05, 0.1) is 5.56 Å². The Labute approximate surface area is 125 Å². The lowest BCUT2D eigenvalue weighted by molar-refractivity contribution is 0.274. The molecule has 0 bridgehead atoms. The van der Waals surface area contributed by atoms with E-state index in [2.05, 4.69) is 12.2 Å². The maximum atomic E-state index is 13.7. The minimum absolute atomic E-state index is 0.108. The molecule has 3 N–H and O–H groups in total. The monoisotopic (exact) mass is 294 g/mol. The van der Waals surface area contributed by atoms with Crippen LogP contribution in [0.25, 0.3) is 0 Å². The maximum Gasteiger partial charge on any atom is 0.135 e. The smallest absolute Gasteiger partial charge is 0.135 e. The molecule has 2 unspecified atom stereocenters. The van der Waals surface area contributed by atoms with Gasteiger partial charge in [-0.3, -0.25) is 0 Å². The topological polar surface area (TPSA) is 38.0 Å². The number of benzene rings is 1. The van der Waals surface area contributed by atoms with Crippen molar-refractivity contribution in [3.63, 3.8) is 0 Å². The number of hydrogen-bond acceptors (Lipinski definition) is 2. The molecule has 1 aromatic rings. The van der Waals surface area contributed by atoms with E-state index in [0.29, 0.717) is 11.3 Å². The Hall–Kier alpha value is -1.16. The van der Waals surface area contributed by atoms with E-state index in [-0.39, 0.29) is 10.8 Å². The molecule has 0 spiro atoms. The van der Waals surface area contributed by atoms with Gasteiger partial charge in [0.2, 0.25) is 0 Å². The van der Waals surface area contributed by atoms with Crippen LogP contribution in [0, 0.1) is 17.7 Å². The Morgan fingerprint density at radius 1 is 1.45 bits per heavy atom. The highest BCUT2D eigenvalue weighted by Gasteiger charge is 2.18. The minimum atomic E-state index is -0.353. The van der Waals surface area contributed by atoms with Gasteiger partial charge in [-0.1, -0.05) is 44.5 Å². The Bertz CT molecular complexity index is 476. The van der Waals surface area contributed by atoms with Gasteiger partial charge < -0.3 is 11.1 Å². The molecule has 0 amide bonds. The summed E-state index contributed by atoms with van der Waals surface area (Å²) in [6.07, 6.45) is 6.45. The highest BCUT2D eigenvalue weighted by molar-refractivity contribution is 7.80. The van der Waals surface area contributed by atoms with Crippen LogP contribution in [-0.2, 0) is 0 Å². The molecule has 2 nitrogen and oxygen atoms in total. The maximum absolute atomic E-state index is 13.7. The zero-order valence-electron chi connectivity index (χ0n) is 12.0. The van der Waals surface area contributed by atoms with Crippen LogP contribution >= 0.6 is 12.2 Å². The van der Waals surface area contributed by atoms with Gasteiger partial charge in [-0.15, -0.1) is 0 Å². The first kappa shape index (κ1) is 15.2. The van der Waals surface area contributed by atoms with Crippen molar-refractivity contribution >= 4 is 22.9 Å². The quantitative estimate of drug-likeness (QED) is 0.803. The first-order valence-electron chi connectivity index (χ1n) is 7.40. The number of nitrogens with one attached hydrogen (secondary N) is 1. The molecule has 1 fully saturated rings. The molecule has 20 heavy (non-hydrogen) atoms. The predicted molar refractivity (Wildman–Crippen MR) is 86.5 cm³/mol. The minimum Gasteiger partial charge on any atom is -0.389 e. The van der Waals surface area contributed by atoms with E-state index in [1.54, 1.807) is 6.07 Å². The van der Waals surface area contributed by atoms with Gasteiger partial charge >= 0.3 is 0 Å². The van der Waals surface area contributed by atoms with Crippen LogP contribution in [0.5, 0.6) is 0 Å². The average molecular weight is 294 g/mol. The van der Waals surface area contributed by atoms with Crippen molar-refractivity contribution < 1.29 is 4.39 Å². The Morgan fingerprint density at radius 3 is 2.95 bits per heavy atom. The third-order valence-corrected chi connectivity index (χ3v) is 4.38. The molecule has 2 atom stereocenters. The average Bonchev–Trinajstić information content (AvgIpc) is 2.38. The molecule has 1 aliphatic rings. The van der Waals surface area contributed by atoms with Crippen LogP contribution in [0.2, 0.25) is 0 Å². The first-order valence-corrected chi connectivity index (χ1v) is 7.81. The summed E-state index contributed by atoms with van der Waals surface area (Å²) >= 11 is 4.93. The normalized spacial score (nSPS) is 22.5. The summed E-state index contributed by atoms with van der Waals surface area (Å²) in [5, 5.41) is 3.29. The van der Waals surface area contributed by atoms with Gasteiger partial charge in [0.1, 0.15) is 10.8 Å². The van der Waals surface area contributed by atoms with E-state index in [9.17, 15) is 4.39 Å². The molecule has 0 saturated heterocycles. The van der Waals surface area contributed by atoms with E-state index in [1.165, 1.54) is 31.7 Å². The molecule has 4 heteroatoms. The summed E-state index contributed by atoms with van der Waals surface area (Å²) in [6, 6.07) is 4.91. The summed E-state index contributed by atoms with van der Waals surface area (Å²) in [5.41, 5.74) is 6.64. The molecule has 1 saturated carbocycles. The number of halogens is 1. The van der Waals surface area contributed by atoms with Crippen molar-refractivity contribution in [3.8, 4) is 0 Å². The summed E-state index contributed by atoms with van der Waals surface area (Å²) in [7, 11) is 0. The van der Waals surface area contributed by atoms with Crippen molar-refractivity contribution in [2.24, 2.45) is 17.6 Å². The fraction of sp³-hybridized carbons (Fsp3) is 0.562. The lowest BCUT2D eigenvalue weighted by Crippen LogP contribution is -2.19. The third-order valence-electron chi connectivity index (χ3n) is 4.17. The van der Waals surface area contributed by atoms with E-state index in [4.69, 9.17) is 18.0 Å². The van der Waals surface area contributed by atoms with Gasteiger partial charge in [-0.05, 0) is 36.8 Å². The largest absolute Gasteiger partial charge is 0.389 e. The number of thiocarbonyl (C=S) groups is 1. The first-order chi connectivity index (χ1) is 9.58. The fourth-order valence-electron chi connectivity index (χ4n) is 3.15. The van der Waals surface area contributed by atoms with E-state index < -0.39 is 0 Å². The third kappa shape index (κ3) is 3.92. The highest BCUT2D eigenvalue weighted by Crippen LogP contribution is 2.30. The Balaban J connectivity index is 1.91. The predicted octanol–water partition coefficient (Wildman–Crippen LogP) is 4.09. The Kier molecular flexibility index (Phi) is 5.35. The molecule has 1 aliphatic carbocycles. The van der Waals surface area contributed by atoms with Gasteiger partial charge in [-0.2, -0.15) is 0 Å². The standard InChI is InChI=1S/C16H23FN2S/c1-11-4-2-5-12(10-11)8-9-19-14-7-3-6-13(17)15(14)16(18)20/h3,6-7,11-12,19H,2,4-5,8-10H2,1H3,(H2,18,20). The van der Waals surface area contributed by atoms with Crippen LogP contribution in [0.4, 0.5) is 10.1 Å². The molecule has 0 radical (unpaired) electrons. The van der Waals surface area contributed by atoms with E-state index in [0.717, 1.165) is 24.8 Å². The molecule has 110 valence electrons. The second-order valence-electron chi connectivity index (χ2n) is 5.88. The fourth-order valence-corrected chi connectivity index (χ4v) is 3.36. The molecular weight excluding hydrogens is 271 g/mol. The van der Waals surface area contributed by atoms with Crippen molar-refractivity contribution in [1.29, 1.82) is 0 Å². The van der Waals surface area contributed by atoms with Crippen LogP contribution in [0.1, 0.15) is 44.6 Å². The number of anilines is 1. The second-order valence-corrected chi connectivity index (χ2v) is 6.32. The van der Waals surface area contributed by atoms with Gasteiger partial charge in [0, 0.05) is 12.2 Å². The summed E-state index contributed by atoms with van der Waals surface area (Å²) in [6.45, 7) is 3.17. The number of hydrogen-bond donors (Lipinski definition) is 2. The lowest BCUT2D eigenvalue weighted by Gasteiger charge is -2.26. The summed E-state index contributed by atoms with van der Waals surface area (Å²) < 4.78 is 13.7. The van der Waals surface area contributed by atoms with Gasteiger partial charge in [-0.25, -0.2) is 4.39 Å². The second kappa shape index (κ2) is 7.02. The van der Waals surface area contributed by atoms with E-state index in [1.807, 2.05) is 6.07 Å². The zero-order valence-corrected chi connectivity index (χ0v) is 12.8. The molecule has 2 rings (SSSR count). The molecule has 0 aliphatic heterocycles. The molecule has 0 aromatic heterocycles. The van der Waals surface area contributed by atoms with Gasteiger partial charge in [0.15, 0.2) is 0 Å². The molecule has 1 aromatic carbocycles. The highest BCUT2D eigenvalue weighted by atomic mass is 32.1. The number of nitrogens with two attached hydrogens (primary N) is 1. The van der Waals surface area contributed by atoms with Crippen LogP contribution in [0.15, 0.2) is 18.2 Å². The lowest BCUT2D eigenvalue weighted by atomic mass is 9.81. The van der Waals surface area contributed by atoms with Crippen molar-refractivity contribution in [1.82, 2.24) is 0 Å². The SMILES string of the molecule is CC1CCCC(CCNc2cccc(F)c2C(N)=S)C1. The van der Waals surface area contributed by atoms with E-state index >= 15 is 0 Å². The number of rotatable bonds is 5. The van der Waals surface area contributed by atoms with Crippen molar-refractivity contribution in [2.75, 3.05) is 11.9 Å². The Morgan fingerprint density at radius 2 is 2.25 bits per heavy atom. The van der Waals surface area contributed by atoms with Crippen LogP contribution < -0.4 is 11.1 Å². The van der Waals surface area contributed by atoms with Crippen molar-refractivity contribution in [2.45, 2.75) is 39.0 Å². The molecule has 0 heterocycles. The van der Waals surface area contributed by atoms with Crippen LogP contribution in [0.3, 0.4) is 0 Å². The zero-order chi connectivity index (χ0) is 14.5. The van der Waals surface area contributed by atoms with Crippen molar-refractivity contribution in [3.05, 3.63) is 29.6 Å².